The Morgan fingerprint density at radius 1 is 1.17 bits per heavy atom. The van der Waals surface area contributed by atoms with E-state index >= 15 is 0 Å². The lowest BCUT2D eigenvalue weighted by Crippen LogP contribution is -2.86. The number of aliphatic hydroxyl groups is 1. The Kier molecular flexibility index (Phi) is 5.00. The molecule has 7 nitrogen and oxygen atoms in total. The maximum absolute atomic E-state index is 12.9. The van der Waals surface area contributed by atoms with Gasteiger partial charge in [0.1, 0.15) is 5.69 Å². The second-order valence-electron chi connectivity index (χ2n) is 8.09. The van der Waals surface area contributed by atoms with E-state index in [-0.39, 0.29) is 36.5 Å². The van der Waals surface area contributed by atoms with Crippen LogP contribution in [-0.2, 0) is 0 Å². The Bertz CT molecular complexity index is 881. The van der Waals surface area contributed by atoms with Crippen molar-refractivity contribution in [2.75, 3.05) is 19.7 Å². The number of hydrogen-bond donors (Lipinski definition) is 2. The van der Waals surface area contributed by atoms with Crippen molar-refractivity contribution in [2.45, 2.75) is 37.4 Å². The van der Waals surface area contributed by atoms with Gasteiger partial charge in [-0.3, -0.25) is 9.78 Å². The summed E-state index contributed by atoms with van der Waals surface area (Å²) in [5.74, 6) is -0.168. The average Bonchev–Trinajstić information content (AvgIpc) is 2.67. The van der Waals surface area contributed by atoms with E-state index in [4.69, 9.17) is 0 Å². The summed E-state index contributed by atoms with van der Waals surface area (Å²) in [7, 11) is 0. The molecule has 0 aliphatic carbocycles. The van der Waals surface area contributed by atoms with Crippen LogP contribution in [0.4, 0.5) is 4.79 Å². The molecule has 7 heteroatoms. The van der Waals surface area contributed by atoms with Crippen LogP contribution in [0, 0.1) is 0 Å². The molecular weight excluding hydrogens is 368 g/mol. The Hall–Kier alpha value is -2.93. The fourth-order valence-electron chi connectivity index (χ4n) is 4.71. The van der Waals surface area contributed by atoms with Crippen molar-refractivity contribution < 1.29 is 14.7 Å². The Labute approximate surface area is 170 Å². The average molecular weight is 394 g/mol. The zero-order valence-electron chi connectivity index (χ0n) is 16.7. The molecule has 2 atom stereocenters. The Morgan fingerprint density at radius 2 is 1.86 bits per heavy atom. The van der Waals surface area contributed by atoms with Gasteiger partial charge in [0, 0.05) is 31.2 Å². The fourth-order valence-corrected chi connectivity index (χ4v) is 4.71. The highest BCUT2D eigenvalue weighted by Gasteiger charge is 2.68. The number of amides is 3. The van der Waals surface area contributed by atoms with Gasteiger partial charge < -0.3 is 20.2 Å². The van der Waals surface area contributed by atoms with Gasteiger partial charge in [-0.25, -0.2) is 4.79 Å². The number of carbonyl (C=O) groups excluding carboxylic acids is 2. The molecule has 2 saturated heterocycles. The first kappa shape index (κ1) is 19.4. The van der Waals surface area contributed by atoms with Crippen LogP contribution in [0.2, 0.25) is 0 Å². The molecule has 0 bridgehead atoms. The topological polar surface area (TPSA) is 85.8 Å². The van der Waals surface area contributed by atoms with Gasteiger partial charge in [0.05, 0.1) is 18.2 Å². The van der Waals surface area contributed by atoms with Crippen LogP contribution in [0.25, 0.3) is 0 Å². The molecule has 1 aromatic heterocycles. The number of likely N-dealkylation sites (tertiary alicyclic amines) is 2. The molecule has 3 heterocycles. The number of hydrogen-bond acceptors (Lipinski definition) is 4. The van der Waals surface area contributed by atoms with E-state index in [1.165, 1.54) is 0 Å². The highest BCUT2D eigenvalue weighted by Crippen LogP contribution is 2.54. The summed E-state index contributed by atoms with van der Waals surface area (Å²) < 4.78 is 0. The number of benzene rings is 1. The Morgan fingerprint density at radius 3 is 2.45 bits per heavy atom. The van der Waals surface area contributed by atoms with E-state index in [1.54, 1.807) is 34.2 Å². The number of aromatic nitrogens is 1. The summed E-state index contributed by atoms with van der Waals surface area (Å²) in [5, 5.41) is 13.0. The molecule has 2 fully saturated rings. The molecule has 1 aromatic carbocycles. The summed E-state index contributed by atoms with van der Waals surface area (Å²) in [4.78, 5) is 33.3. The van der Waals surface area contributed by atoms with Crippen molar-refractivity contribution in [1.29, 1.82) is 0 Å². The molecule has 2 aliphatic rings. The smallest absolute Gasteiger partial charge is 0.318 e. The molecule has 152 valence electrons. The van der Waals surface area contributed by atoms with E-state index < -0.39 is 5.54 Å². The second kappa shape index (κ2) is 7.48. The standard InChI is InChI=1S/C22H26N4O3/c1-15(2)24-21(29)26-18(12-27)19(16-8-4-3-5-9-16)22(26)13-25(14-22)20(28)17-10-6-7-11-23-17/h3-11,15,18-19,27H,12-14H2,1-2H3,(H,24,29)/t18-,19-/m1/s1. The monoisotopic (exact) mass is 394 g/mol. The van der Waals surface area contributed by atoms with Crippen molar-refractivity contribution in [2.24, 2.45) is 0 Å². The Balaban J connectivity index is 1.62. The highest BCUT2D eigenvalue weighted by atomic mass is 16.3. The highest BCUT2D eigenvalue weighted by molar-refractivity contribution is 5.93. The SMILES string of the molecule is CC(C)NC(=O)N1[C@H](CO)[C@@H](c2ccccc2)C12CN(C(=O)c1ccccn1)C2. The zero-order chi connectivity index (χ0) is 20.6. The lowest BCUT2D eigenvalue weighted by atomic mass is 9.61. The lowest BCUT2D eigenvalue weighted by molar-refractivity contribution is -0.149. The number of urea groups is 1. The van der Waals surface area contributed by atoms with Crippen LogP contribution >= 0.6 is 0 Å². The van der Waals surface area contributed by atoms with E-state index in [9.17, 15) is 14.7 Å². The molecule has 3 amide bonds. The number of nitrogens with zero attached hydrogens (tertiary/aromatic N) is 3. The van der Waals surface area contributed by atoms with Crippen LogP contribution in [0.5, 0.6) is 0 Å². The van der Waals surface area contributed by atoms with Crippen LogP contribution in [0.3, 0.4) is 0 Å². The van der Waals surface area contributed by atoms with Gasteiger partial charge in [0.2, 0.25) is 0 Å². The van der Waals surface area contributed by atoms with Crippen molar-refractivity contribution in [1.82, 2.24) is 20.1 Å². The third-order valence-corrected chi connectivity index (χ3v) is 5.85. The molecule has 4 rings (SSSR count). The predicted octanol–water partition coefficient (Wildman–Crippen LogP) is 1.85. The molecule has 2 N–H and O–H groups in total. The molecule has 0 radical (unpaired) electrons. The van der Waals surface area contributed by atoms with Crippen LogP contribution < -0.4 is 5.32 Å². The number of nitrogens with one attached hydrogen (secondary N) is 1. The molecule has 1 spiro atoms. The summed E-state index contributed by atoms with van der Waals surface area (Å²) in [5.41, 5.74) is 0.956. The summed E-state index contributed by atoms with van der Waals surface area (Å²) in [6.07, 6.45) is 1.60. The molecular formula is C22H26N4O3. The van der Waals surface area contributed by atoms with Crippen molar-refractivity contribution in [3.8, 4) is 0 Å². The van der Waals surface area contributed by atoms with Gasteiger partial charge in [0.25, 0.3) is 5.91 Å². The number of carbonyl (C=O) groups is 2. The van der Waals surface area contributed by atoms with E-state index in [0.717, 1.165) is 5.56 Å². The normalized spacial score (nSPS) is 22.2. The predicted molar refractivity (Wildman–Crippen MR) is 108 cm³/mol. The summed E-state index contributed by atoms with van der Waals surface area (Å²) >= 11 is 0. The van der Waals surface area contributed by atoms with Gasteiger partial charge in [-0.1, -0.05) is 36.4 Å². The van der Waals surface area contributed by atoms with E-state index in [1.807, 2.05) is 44.2 Å². The minimum Gasteiger partial charge on any atom is -0.394 e. The molecule has 0 unspecified atom stereocenters. The minimum absolute atomic E-state index is 0.0130. The number of rotatable bonds is 4. The van der Waals surface area contributed by atoms with Crippen LogP contribution in [0.1, 0.15) is 35.8 Å². The third-order valence-electron chi connectivity index (χ3n) is 5.85. The van der Waals surface area contributed by atoms with Crippen LogP contribution in [0.15, 0.2) is 54.7 Å². The van der Waals surface area contributed by atoms with Gasteiger partial charge in [-0.05, 0) is 31.5 Å². The van der Waals surface area contributed by atoms with Crippen LogP contribution in [-0.4, -0.2) is 69.1 Å². The zero-order valence-corrected chi connectivity index (χ0v) is 16.7. The maximum atomic E-state index is 12.9. The van der Waals surface area contributed by atoms with Crippen molar-refractivity contribution in [3.05, 3.63) is 66.0 Å². The largest absolute Gasteiger partial charge is 0.394 e. The lowest BCUT2D eigenvalue weighted by Gasteiger charge is -2.70. The van der Waals surface area contributed by atoms with Gasteiger partial charge in [0.15, 0.2) is 0 Å². The third kappa shape index (κ3) is 3.15. The molecule has 29 heavy (non-hydrogen) atoms. The minimum atomic E-state index is -0.516. The van der Waals surface area contributed by atoms with Gasteiger partial charge in [-0.15, -0.1) is 0 Å². The first-order chi connectivity index (χ1) is 14.0. The van der Waals surface area contributed by atoms with E-state index in [2.05, 4.69) is 10.3 Å². The quantitative estimate of drug-likeness (QED) is 0.829. The van der Waals surface area contributed by atoms with Gasteiger partial charge >= 0.3 is 6.03 Å². The molecule has 2 aromatic rings. The number of aliphatic hydroxyl groups excluding tert-OH is 1. The van der Waals surface area contributed by atoms with Crippen molar-refractivity contribution in [3.63, 3.8) is 0 Å². The summed E-state index contributed by atoms with van der Waals surface area (Å²) in [6.45, 7) is 4.53. The molecule has 0 saturated carbocycles. The van der Waals surface area contributed by atoms with Crippen molar-refractivity contribution >= 4 is 11.9 Å². The maximum Gasteiger partial charge on any atom is 0.318 e. The summed E-state index contributed by atoms with van der Waals surface area (Å²) in [6, 6.07) is 14.7. The first-order valence-electron chi connectivity index (χ1n) is 9.94. The van der Waals surface area contributed by atoms with E-state index in [0.29, 0.717) is 18.8 Å². The first-order valence-corrected chi connectivity index (χ1v) is 9.94. The fraction of sp³-hybridized carbons (Fsp3) is 0.409. The van der Waals surface area contributed by atoms with Gasteiger partial charge in [-0.2, -0.15) is 0 Å². The number of pyridine rings is 1. The second-order valence-corrected chi connectivity index (χ2v) is 8.09. The molecule has 2 aliphatic heterocycles.